The molecular weight excluding hydrogens is 256 g/mol. The zero-order valence-corrected chi connectivity index (χ0v) is 12.7. The second-order valence-electron chi connectivity index (χ2n) is 5.75. The van der Waals surface area contributed by atoms with Crippen molar-refractivity contribution in [3.63, 3.8) is 0 Å². The van der Waals surface area contributed by atoms with Crippen molar-refractivity contribution in [1.82, 2.24) is 4.90 Å². The number of hydrogen-bond acceptors (Lipinski definition) is 3. The van der Waals surface area contributed by atoms with Crippen molar-refractivity contribution in [2.45, 2.75) is 58.2 Å². The highest BCUT2D eigenvalue weighted by Crippen LogP contribution is 2.27. The van der Waals surface area contributed by atoms with E-state index in [0.717, 1.165) is 32.2 Å². The minimum absolute atomic E-state index is 0.183. The summed E-state index contributed by atoms with van der Waals surface area (Å²) in [4.78, 5) is 15.9. The zero-order chi connectivity index (χ0) is 13.8. The van der Waals surface area contributed by atoms with E-state index in [1.165, 1.54) is 4.88 Å². The van der Waals surface area contributed by atoms with Crippen LogP contribution in [-0.2, 0) is 11.3 Å². The molecule has 3 nitrogen and oxygen atoms in total. The van der Waals surface area contributed by atoms with Crippen LogP contribution in [-0.4, -0.2) is 22.9 Å². The third-order valence-electron chi connectivity index (χ3n) is 3.93. The SMILES string of the molecule is CC(C)N(Cc1cccs1)C(=O)C1CCC(N)CC1. The van der Waals surface area contributed by atoms with E-state index in [0.29, 0.717) is 11.9 Å². The molecule has 19 heavy (non-hydrogen) atoms. The predicted molar refractivity (Wildman–Crippen MR) is 79.9 cm³/mol. The molecule has 2 N–H and O–H groups in total. The number of carbonyl (C=O) groups is 1. The third-order valence-corrected chi connectivity index (χ3v) is 4.79. The molecule has 0 bridgehead atoms. The number of carbonyl (C=O) groups excluding carboxylic acids is 1. The summed E-state index contributed by atoms with van der Waals surface area (Å²) in [6, 6.07) is 4.70. The van der Waals surface area contributed by atoms with Gasteiger partial charge in [-0.25, -0.2) is 0 Å². The first kappa shape index (κ1) is 14.5. The Kier molecular flexibility index (Phi) is 4.99. The highest BCUT2D eigenvalue weighted by molar-refractivity contribution is 7.09. The van der Waals surface area contributed by atoms with Crippen LogP contribution in [0, 0.1) is 5.92 Å². The minimum atomic E-state index is 0.183. The van der Waals surface area contributed by atoms with Gasteiger partial charge in [-0.2, -0.15) is 0 Å². The van der Waals surface area contributed by atoms with Gasteiger partial charge in [-0.05, 0) is 51.0 Å². The van der Waals surface area contributed by atoms with Crippen LogP contribution < -0.4 is 5.73 Å². The van der Waals surface area contributed by atoms with Gasteiger partial charge in [0.1, 0.15) is 0 Å². The van der Waals surface area contributed by atoms with Crippen molar-refractivity contribution < 1.29 is 4.79 Å². The molecule has 1 aromatic heterocycles. The highest BCUT2D eigenvalue weighted by atomic mass is 32.1. The standard InChI is InChI=1S/C15H24N2OS/c1-11(2)17(10-14-4-3-9-19-14)15(18)12-5-7-13(16)8-6-12/h3-4,9,11-13H,5-8,10,16H2,1-2H3. The fourth-order valence-corrected chi connectivity index (χ4v) is 3.39. The van der Waals surface area contributed by atoms with Crippen LogP contribution in [0.5, 0.6) is 0 Å². The summed E-state index contributed by atoms with van der Waals surface area (Å²) in [5.41, 5.74) is 5.92. The highest BCUT2D eigenvalue weighted by Gasteiger charge is 2.29. The Morgan fingerprint density at radius 3 is 2.63 bits per heavy atom. The van der Waals surface area contributed by atoms with Crippen LogP contribution in [0.1, 0.15) is 44.4 Å². The molecule has 0 spiro atoms. The molecule has 0 atom stereocenters. The van der Waals surface area contributed by atoms with Gasteiger partial charge in [0, 0.05) is 22.9 Å². The van der Waals surface area contributed by atoms with E-state index in [-0.39, 0.29) is 12.0 Å². The Morgan fingerprint density at radius 1 is 1.42 bits per heavy atom. The predicted octanol–water partition coefficient (Wildman–Crippen LogP) is 3.00. The van der Waals surface area contributed by atoms with Crippen molar-refractivity contribution in [1.29, 1.82) is 0 Å². The third kappa shape index (κ3) is 3.80. The monoisotopic (exact) mass is 280 g/mol. The zero-order valence-electron chi connectivity index (χ0n) is 11.8. The summed E-state index contributed by atoms with van der Waals surface area (Å²) < 4.78 is 0. The summed E-state index contributed by atoms with van der Waals surface area (Å²) >= 11 is 1.72. The molecule has 0 unspecified atom stereocenters. The van der Waals surface area contributed by atoms with Crippen molar-refractivity contribution in [2.75, 3.05) is 0 Å². The van der Waals surface area contributed by atoms with Gasteiger partial charge in [0.25, 0.3) is 0 Å². The smallest absolute Gasteiger partial charge is 0.226 e. The van der Waals surface area contributed by atoms with Crippen LogP contribution in [0.3, 0.4) is 0 Å². The Labute approximate surface area is 119 Å². The fraction of sp³-hybridized carbons (Fsp3) is 0.667. The first-order valence-corrected chi connectivity index (χ1v) is 8.04. The van der Waals surface area contributed by atoms with E-state index in [9.17, 15) is 4.79 Å². The van der Waals surface area contributed by atoms with E-state index in [1.807, 2.05) is 11.0 Å². The fourth-order valence-electron chi connectivity index (χ4n) is 2.69. The molecule has 1 aliphatic carbocycles. The molecule has 1 aliphatic rings. The molecule has 0 aliphatic heterocycles. The van der Waals surface area contributed by atoms with Crippen molar-refractivity contribution in [3.8, 4) is 0 Å². The number of nitrogens with zero attached hydrogens (tertiary/aromatic N) is 1. The van der Waals surface area contributed by atoms with E-state index in [2.05, 4.69) is 25.3 Å². The molecule has 0 saturated heterocycles. The van der Waals surface area contributed by atoms with Gasteiger partial charge < -0.3 is 10.6 Å². The van der Waals surface area contributed by atoms with Gasteiger partial charge in [-0.3, -0.25) is 4.79 Å². The summed E-state index contributed by atoms with van der Waals surface area (Å²) in [6.07, 6.45) is 3.88. The first-order chi connectivity index (χ1) is 9.08. The Morgan fingerprint density at radius 2 is 2.11 bits per heavy atom. The number of thiophene rings is 1. The van der Waals surface area contributed by atoms with Crippen molar-refractivity contribution in [2.24, 2.45) is 11.7 Å². The van der Waals surface area contributed by atoms with Gasteiger partial charge in [0.05, 0.1) is 6.54 Å². The van der Waals surface area contributed by atoms with E-state index in [4.69, 9.17) is 5.73 Å². The molecule has 2 rings (SSSR count). The van der Waals surface area contributed by atoms with E-state index < -0.39 is 0 Å². The summed E-state index contributed by atoms with van der Waals surface area (Å²) in [5, 5.41) is 2.07. The van der Waals surface area contributed by atoms with Crippen LogP contribution in [0.4, 0.5) is 0 Å². The first-order valence-electron chi connectivity index (χ1n) is 7.16. The lowest BCUT2D eigenvalue weighted by Gasteiger charge is -2.33. The minimum Gasteiger partial charge on any atom is -0.335 e. The topological polar surface area (TPSA) is 46.3 Å². The molecule has 4 heteroatoms. The van der Waals surface area contributed by atoms with Crippen molar-refractivity contribution >= 4 is 17.2 Å². The molecule has 1 aromatic rings. The lowest BCUT2D eigenvalue weighted by atomic mass is 9.85. The maximum atomic E-state index is 12.7. The van der Waals surface area contributed by atoms with E-state index in [1.54, 1.807) is 11.3 Å². The Bertz CT molecular complexity index is 394. The molecule has 106 valence electrons. The van der Waals surface area contributed by atoms with Crippen LogP contribution in [0.2, 0.25) is 0 Å². The van der Waals surface area contributed by atoms with Gasteiger partial charge >= 0.3 is 0 Å². The maximum absolute atomic E-state index is 12.7. The normalized spacial score (nSPS) is 23.6. The van der Waals surface area contributed by atoms with Crippen LogP contribution in [0.25, 0.3) is 0 Å². The molecular formula is C15H24N2OS. The molecule has 1 saturated carbocycles. The summed E-state index contributed by atoms with van der Waals surface area (Å²) in [5.74, 6) is 0.498. The largest absolute Gasteiger partial charge is 0.335 e. The van der Waals surface area contributed by atoms with Gasteiger partial charge in [-0.1, -0.05) is 6.07 Å². The quantitative estimate of drug-likeness (QED) is 0.921. The van der Waals surface area contributed by atoms with Gasteiger partial charge in [-0.15, -0.1) is 11.3 Å². The Hall–Kier alpha value is -0.870. The molecule has 0 radical (unpaired) electrons. The number of amides is 1. The molecule has 1 heterocycles. The van der Waals surface area contributed by atoms with Crippen molar-refractivity contribution in [3.05, 3.63) is 22.4 Å². The molecule has 1 amide bonds. The number of nitrogens with two attached hydrogens (primary N) is 1. The maximum Gasteiger partial charge on any atom is 0.226 e. The number of rotatable bonds is 4. The lowest BCUT2D eigenvalue weighted by molar-refractivity contribution is -0.139. The molecule has 1 fully saturated rings. The summed E-state index contributed by atoms with van der Waals surface area (Å²) in [6.45, 7) is 4.94. The van der Waals surface area contributed by atoms with Crippen LogP contribution in [0.15, 0.2) is 17.5 Å². The lowest BCUT2D eigenvalue weighted by Crippen LogP contribution is -2.42. The second-order valence-corrected chi connectivity index (χ2v) is 6.78. The number of hydrogen-bond donors (Lipinski definition) is 1. The van der Waals surface area contributed by atoms with Crippen LogP contribution >= 0.6 is 11.3 Å². The average molecular weight is 280 g/mol. The van der Waals surface area contributed by atoms with E-state index >= 15 is 0 Å². The van der Waals surface area contributed by atoms with Gasteiger partial charge in [0.15, 0.2) is 0 Å². The summed E-state index contributed by atoms with van der Waals surface area (Å²) in [7, 11) is 0. The van der Waals surface area contributed by atoms with Gasteiger partial charge in [0.2, 0.25) is 5.91 Å². The average Bonchev–Trinajstić information content (AvgIpc) is 2.88. The Balaban J connectivity index is 2.00. The second kappa shape index (κ2) is 6.53. The molecule has 0 aromatic carbocycles.